The minimum absolute atomic E-state index is 0.0603. The first-order valence-corrected chi connectivity index (χ1v) is 7.09. The SMILES string of the molecule is CCC(OC)OC1CCC(OC(CC)OC)CC1. The van der Waals surface area contributed by atoms with Gasteiger partial charge in [0.05, 0.1) is 12.2 Å². The van der Waals surface area contributed by atoms with Crippen molar-refractivity contribution in [1.29, 1.82) is 0 Å². The summed E-state index contributed by atoms with van der Waals surface area (Å²) in [5, 5.41) is 0. The van der Waals surface area contributed by atoms with E-state index in [1.54, 1.807) is 14.2 Å². The van der Waals surface area contributed by atoms with Crippen molar-refractivity contribution in [3.05, 3.63) is 0 Å². The Morgan fingerprint density at radius 2 is 1.11 bits per heavy atom. The first-order valence-electron chi connectivity index (χ1n) is 7.09. The molecule has 0 spiro atoms. The van der Waals surface area contributed by atoms with Crippen LogP contribution in [-0.2, 0) is 18.9 Å². The number of methoxy groups -OCH3 is 2. The third kappa shape index (κ3) is 5.22. The molecule has 0 heterocycles. The fraction of sp³-hybridized carbons (Fsp3) is 1.00. The molecule has 0 amide bonds. The average Bonchev–Trinajstić information content (AvgIpc) is 2.43. The minimum atomic E-state index is -0.0603. The molecule has 2 atom stereocenters. The largest absolute Gasteiger partial charge is 0.356 e. The number of ether oxygens (including phenoxy) is 4. The Balaban J connectivity index is 2.23. The maximum atomic E-state index is 5.89. The summed E-state index contributed by atoms with van der Waals surface area (Å²) in [5.41, 5.74) is 0. The van der Waals surface area contributed by atoms with E-state index in [0.29, 0.717) is 12.2 Å². The third-order valence-electron chi connectivity index (χ3n) is 3.50. The van der Waals surface area contributed by atoms with Gasteiger partial charge in [-0.05, 0) is 38.5 Å². The highest BCUT2D eigenvalue weighted by Crippen LogP contribution is 2.26. The van der Waals surface area contributed by atoms with Gasteiger partial charge in [-0.1, -0.05) is 13.8 Å². The van der Waals surface area contributed by atoms with Crippen LogP contribution < -0.4 is 0 Å². The molecule has 0 aromatic heterocycles. The topological polar surface area (TPSA) is 36.9 Å². The van der Waals surface area contributed by atoms with Crippen LogP contribution in [0.2, 0.25) is 0 Å². The van der Waals surface area contributed by atoms with Crippen molar-refractivity contribution < 1.29 is 18.9 Å². The molecule has 1 rings (SSSR count). The zero-order valence-corrected chi connectivity index (χ0v) is 12.2. The summed E-state index contributed by atoms with van der Waals surface area (Å²) in [6, 6.07) is 0. The molecular weight excluding hydrogens is 232 g/mol. The predicted octanol–water partition coefficient (Wildman–Crippen LogP) is 3.10. The first kappa shape index (κ1) is 15.9. The lowest BCUT2D eigenvalue weighted by molar-refractivity contribution is -0.190. The maximum absolute atomic E-state index is 5.89. The molecule has 4 heteroatoms. The fourth-order valence-corrected chi connectivity index (χ4v) is 2.37. The van der Waals surface area contributed by atoms with Crippen molar-refractivity contribution in [3.8, 4) is 0 Å². The Bertz CT molecular complexity index is 172. The van der Waals surface area contributed by atoms with Gasteiger partial charge < -0.3 is 18.9 Å². The van der Waals surface area contributed by atoms with Crippen LogP contribution in [0.3, 0.4) is 0 Å². The molecule has 0 saturated heterocycles. The second-order valence-electron chi connectivity index (χ2n) is 4.82. The van der Waals surface area contributed by atoms with Crippen molar-refractivity contribution in [2.75, 3.05) is 14.2 Å². The van der Waals surface area contributed by atoms with E-state index in [1.165, 1.54) is 0 Å². The molecule has 4 nitrogen and oxygen atoms in total. The smallest absolute Gasteiger partial charge is 0.157 e. The van der Waals surface area contributed by atoms with Crippen molar-refractivity contribution in [2.24, 2.45) is 0 Å². The van der Waals surface area contributed by atoms with Crippen molar-refractivity contribution in [3.63, 3.8) is 0 Å². The molecule has 2 unspecified atom stereocenters. The molecule has 0 aliphatic heterocycles. The van der Waals surface area contributed by atoms with Gasteiger partial charge in [0.2, 0.25) is 0 Å². The molecule has 1 aliphatic rings. The van der Waals surface area contributed by atoms with E-state index in [9.17, 15) is 0 Å². The lowest BCUT2D eigenvalue weighted by Gasteiger charge is -2.32. The zero-order valence-electron chi connectivity index (χ0n) is 12.2. The summed E-state index contributed by atoms with van der Waals surface area (Å²) < 4.78 is 22.3. The van der Waals surface area contributed by atoms with E-state index < -0.39 is 0 Å². The Morgan fingerprint density at radius 1 is 0.778 bits per heavy atom. The van der Waals surface area contributed by atoms with Crippen LogP contribution in [0, 0.1) is 0 Å². The normalized spacial score (nSPS) is 28.0. The van der Waals surface area contributed by atoms with Crippen LogP contribution in [-0.4, -0.2) is 39.0 Å². The molecule has 0 radical (unpaired) electrons. The molecule has 1 aliphatic carbocycles. The van der Waals surface area contributed by atoms with Gasteiger partial charge in [-0.3, -0.25) is 0 Å². The van der Waals surface area contributed by atoms with Crippen LogP contribution in [0.15, 0.2) is 0 Å². The highest BCUT2D eigenvalue weighted by atomic mass is 16.7. The highest BCUT2D eigenvalue weighted by molar-refractivity contribution is 4.74. The summed E-state index contributed by atoms with van der Waals surface area (Å²) in [4.78, 5) is 0. The Hall–Kier alpha value is -0.160. The Morgan fingerprint density at radius 3 is 1.33 bits per heavy atom. The van der Waals surface area contributed by atoms with Gasteiger partial charge in [-0.25, -0.2) is 0 Å². The van der Waals surface area contributed by atoms with Crippen molar-refractivity contribution in [1.82, 2.24) is 0 Å². The summed E-state index contributed by atoms with van der Waals surface area (Å²) in [6.45, 7) is 4.15. The molecule has 1 saturated carbocycles. The van der Waals surface area contributed by atoms with Crippen molar-refractivity contribution in [2.45, 2.75) is 77.2 Å². The van der Waals surface area contributed by atoms with E-state index >= 15 is 0 Å². The van der Waals surface area contributed by atoms with Crippen LogP contribution in [0.5, 0.6) is 0 Å². The number of hydrogen-bond acceptors (Lipinski definition) is 4. The third-order valence-corrected chi connectivity index (χ3v) is 3.50. The van der Waals surface area contributed by atoms with Gasteiger partial charge in [0.25, 0.3) is 0 Å². The molecule has 1 fully saturated rings. The van der Waals surface area contributed by atoms with E-state index in [4.69, 9.17) is 18.9 Å². The molecule has 0 aromatic rings. The van der Waals surface area contributed by atoms with Crippen LogP contribution in [0.1, 0.15) is 52.4 Å². The average molecular weight is 260 g/mol. The molecule has 0 bridgehead atoms. The summed E-state index contributed by atoms with van der Waals surface area (Å²) in [5.74, 6) is 0. The predicted molar refractivity (Wildman–Crippen MR) is 70.4 cm³/mol. The van der Waals surface area contributed by atoms with E-state index in [-0.39, 0.29) is 12.6 Å². The standard InChI is InChI=1S/C14H28O4/c1-5-13(15-3)17-11-7-9-12(10-8-11)18-14(6-2)16-4/h11-14H,5-10H2,1-4H3. The Labute approximate surface area is 111 Å². The summed E-state index contributed by atoms with van der Waals surface area (Å²) >= 11 is 0. The van der Waals surface area contributed by atoms with Gasteiger partial charge in [-0.2, -0.15) is 0 Å². The van der Waals surface area contributed by atoms with Gasteiger partial charge in [0.15, 0.2) is 12.6 Å². The van der Waals surface area contributed by atoms with E-state index in [0.717, 1.165) is 38.5 Å². The van der Waals surface area contributed by atoms with Gasteiger partial charge in [0, 0.05) is 14.2 Å². The zero-order chi connectivity index (χ0) is 13.4. The second-order valence-corrected chi connectivity index (χ2v) is 4.82. The van der Waals surface area contributed by atoms with Crippen molar-refractivity contribution >= 4 is 0 Å². The molecular formula is C14H28O4. The molecule has 108 valence electrons. The number of hydrogen-bond donors (Lipinski definition) is 0. The maximum Gasteiger partial charge on any atom is 0.157 e. The summed E-state index contributed by atoms with van der Waals surface area (Å²) in [6.07, 6.45) is 6.49. The fourth-order valence-electron chi connectivity index (χ4n) is 2.37. The summed E-state index contributed by atoms with van der Waals surface area (Å²) in [7, 11) is 3.40. The molecule has 18 heavy (non-hydrogen) atoms. The minimum Gasteiger partial charge on any atom is -0.356 e. The highest BCUT2D eigenvalue weighted by Gasteiger charge is 2.25. The Kier molecular flexibility index (Phi) is 7.82. The van der Waals surface area contributed by atoms with Crippen LogP contribution in [0.25, 0.3) is 0 Å². The molecule has 0 N–H and O–H groups in total. The second kappa shape index (κ2) is 8.86. The first-order chi connectivity index (χ1) is 8.73. The van der Waals surface area contributed by atoms with E-state index in [1.807, 2.05) is 0 Å². The van der Waals surface area contributed by atoms with Gasteiger partial charge in [0.1, 0.15) is 0 Å². The number of rotatable bonds is 8. The quantitative estimate of drug-likeness (QED) is 0.628. The van der Waals surface area contributed by atoms with Crippen LogP contribution >= 0.6 is 0 Å². The van der Waals surface area contributed by atoms with Gasteiger partial charge in [-0.15, -0.1) is 0 Å². The lowest BCUT2D eigenvalue weighted by atomic mass is 9.95. The van der Waals surface area contributed by atoms with Crippen LogP contribution in [0.4, 0.5) is 0 Å². The lowest BCUT2D eigenvalue weighted by Crippen LogP contribution is -2.32. The van der Waals surface area contributed by atoms with Gasteiger partial charge >= 0.3 is 0 Å². The van der Waals surface area contributed by atoms with E-state index in [2.05, 4.69) is 13.8 Å². The molecule has 0 aromatic carbocycles. The monoisotopic (exact) mass is 260 g/mol.